The molecular formula is C66H41NO2. The second-order valence-electron chi connectivity index (χ2n) is 18.6. The van der Waals surface area contributed by atoms with Crippen molar-refractivity contribution in [2.24, 2.45) is 0 Å². The summed E-state index contributed by atoms with van der Waals surface area (Å²) in [6.45, 7) is 0. The van der Waals surface area contributed by atoms with Gasteiger partial charge in [-0.05, 0) is 92.2 Å². The van der Waals surface area contributed by atoms with Gasteiger partial charge in [0.05, 0.1) is 27.9 Å². The third-order valence-corrected chi connectivity index (χ3v) is 15.4. The van der Waals surface area contributed by atoms with Crippen LogP contribution in [0.1, 0.15) is 44.5 Å². The van der Waals surface area contributed by atoms with Crippen LogP contribution in [-0.2, 0) is 10.8 Å². The SMILES string of the molecule is c1ccc(-c2ccccc2N(c2cccc3c2-c2ccccc2C32c3ccccc3Oc3ccccc32)c2cccc3c2-c2ccc4ccccc4c2C32c3ccccc3Oc3ccccc32)cc1. The summed E-state index contributed by atoms with van der Waals surface area (Å²) in [6.07, 6.45) is 0. The summed E-state index contributed by atoms with van der Waals surface area (Å²) in [7, 11) is 0. The Balaban J connectivity index is 1.10. The largest absolute Gasteiger partial charge is 0.457 e. The summed E-state index contributed by atoms with van der Waals surface area (Å²) in [5.41, 5.74) is 18.6. The van der Waals surface area contributed by atoms with Crippen molar-refractivity contribution in [3.63, 3.8) is 0 Å². The van der Waals surface area contributed by atoms with E-state index in [1.54, 1.807) is 0 Å². The number of benzene rings is 11. The standard InChI is InChI=1S/C66H41NO2/c1-2-20-42(21-3-1)44-23-7-13-33-55(44)67(56-34-18-31-53-62(56)46-25-6-8-26-48(46)65(53)49-27-9-14-36-58(49)68-59-37-15-10-28-50(59)65)57-35-19-32-54-63(57)47-41-40-43-22-4-5-24-45(43)64(47)66(54)51-29-11-16-38-60(51)69-61-39-17-12-30-52(61)66/h1-41H. The quantitative estimate of drug-likeness (QED) is 0.176. The molecule has 4 aliphatic rings. The molecule has 0 unspecified atom stereocenters. The summed E-state index contributed by atoms with van der Waals surface area (Å²) in [6, 6.07) is 91.0. The summed E-state index contributed by atoms with van der Waals surface area (Å²) < 4.78 is 13.6. The molecule has 0 saturated carbocycles. The van der Waals surface area contributed by atoms with Gasteiger partial charge in [0.1, 0.15) is 23.0 Å². The maximum absolute atomic E-state index is 6.86. The lowest BCUT2D eigenvalue weighted by Crippen LogP contribution is -2.32. The highest BCUT2D eigenvalue weighted by Gasteiger charge is 2.54. The summed E-state index contributed by atoms with van der Waals surface area (Å²) in [4.78, 5) is 2.59. The Labute approximate surface area is 400 Å². The Morgan fingerprint density at radius 3 is 1.33 bits per heavy atom. The van der Waals surface area contributed by atoms with Crippen LogP contribution >= 0.6 is 0 Å². The maximum Gasteiger partial charge on any atom is 0.132 e. The molecule has 322 valence electrons. The van der Waals surface area contributed by atoms with Gasteiger partial charge in [-0.2, -0.15) is 0 Å². The predicted molar refractivity (Wildman–Crippen MR) is 279 cm³/mol. The highest BCUT2D eigenvalue weighted by Crippen LogP contribution is 2.68. The number of nitrogens with zero attached hydrogens (tertiary/aromatic N) is 1. The second kappa shape index (κ2) is 14.3. The van der Waals surface area contributed by atoms with Gasteiger partial charge in [0.15, 0.2) is 0 Å². The third-order valence-electron chi connectivity index (χ3n) is 15.4. The van der Waals surface area contributed by atoms with Gasteiger partial charge in [0, 0.05) is 38.9 Å². The topological polar surface area (TPSA) is 21.7 Å². The van der Waals surface area contributed by atoms with Gasteiger partial charge in [0.25, 0.3) is 0 Å². The van der Waals surface area contributed by atoms with Crippen molar-refractivity contribution < 1.29 is 9.47 Å². The molecule has 0 amide bonds. The Bertz CT molecular complexity index is 3850. The first kappa shape index (κ1) is 38.2. The lowest BCUT2D eigenvalue weighted by atomic mass is 9.65. The fourth-order valence-corrected chi connectivity index (χ4v) is 12.9. The van der Waals surface area contributed by atoms with E-state index in [0.717, 1.165) is 73.4 Å². The minimum absolute atomic E-state index is 0.637. The van der Waals surface area contributed by atoms with Crippen LogP contribution in [0.4, 0.5) is 17.1 Å². The smallest absolute Gasteiger partial charge is 0.132 e. The molecule has 0 bridgehead atoms. The molecule has 2 aliphatic carbocycles. The monoisotopic (exact) mass is 879 g/mol. The first-order valence-electron chi connectivity index (χ1n) is 23.8. The molecule has 11 aromatic rings. The maximum atomic E-state index is 6.86. The first-order chi connectivity index (χ1) is 34.3. The van der Waals surface area contributed by atoms with Crippen LogP contribution in [0.25, 0.3) is 44.2 Å². The van der Waals surface area contributed by atoms with Gasteiger partial charge in [-0.1, -0.05) is 206 Å². The minimum atomic E-state index is -0.692. The van der Waals surface area contributed by atoms with Crippen LogP contribution in [0.3, 0.4) is 0 Å². The van der Waals surface area contributed by atoms with E-state index in [4.69, 9.17) is 9.47 Å². The van der Waals surface area contributed by atoms with Gasteiger partial charge >= 0.3 is 0 Å². The highest BCUT2D eigenvalue weighted by atomic mass is 16.5. The highest BCUT2D eigenvalue weighted by molar-refractivity contribution is 6.08. The molecule has 69 heavy (non-hydrogen) atoms. The lowest BCUT2D eigenvalue weighted by molar-refractivity contribution is 0.436. The third kappa shape index (κ3) is 4.96. The Hall–Kier alpha value is -8.92. The van der Waals surface area contributed by atoms with Crippen molar-refractivity contribution in [2.45, 2.75) is 10.8 Å². The predicted octanol–water partition coefficient (Wildman–Crippen LogP) is 16.9. The molecule has 15 rings (SSSR count). The molecule has 0 radical (unpaired) electrons. The van der Waals surface area contributed by atoms with Gasteiger partial charge in [-0.3, -0.25) is 0 Å². The fourth-order valence-electron chi connectivity index (χ4n) is 12.9. The van der Waals surface area contributed by atoms with Crippen molar-refractivity contribution >= 4 is 27.8 Å². The van der Waals surface area contributed by atoms with Gasteiger partial charge in [-0.15, -0.1) is 0 Å². The molecule has 2 heterocycles. The summed E-state index contributed by atoms with van der Waals surface area (Å²) in [5, 5.41) is 2.44. The normalized spacial score (nSPS) is 14.3. The van der Waals surface area contributed by atoms with E-state index in [1.807, 2.05) is 0 Å². The fraction of sp³-hybridized carbons (Fsp3) is 0.0303. The van der Waals surface area contributed by atoms with Crippen LogP contribution < -0.4 is 14.4 Å². The van der Waals surface area contributed by atoms with Crippen molar-refractivity contribution in [1.29, 1.82) is 0 Å². The zero-order valence-electron chi connectivity index (χ0n) is 37.4. The van der Waals surface area contributed by atoms with Crippen LogP contribution in [-0.4, -0.2) is 0 Å². The van der Waals surface area contributed by atoms with E-state index in [9.17, 15) is 0 Å². The number of para-hydroxylation sites is 5. The number of fused-ring (bicyclic) bond motifs is 20. The number of rotatable bonds is 4. The van der Waals surface area contributed by atoms with Crippen LogP contribution in [0, 0.1) is 0 Å². The molecule has 11 aromatic carbocycles. The van der Waals surface area contributed by atoms with Crippen molar-refractivity contribution in [2.75, 3.05) is 4.90 Å². The number of hydrogen-bond acceptors (Lipinski definition) is 3. The molecule has 0 fully saturated rings. The molecule has 3 nitrogen and oxygen atoms in total. The minimum Gasteiger partial charge on any atom is -0.457 e. The summed E-state index contributed by atoms with van der Waals surface area (Å²) in [5.74, 6) is 3.50. The molecule has 2 aliphatic heterocycles. The lowest BCUT2D eigenvalue weighted by Gasteiger charge is -2.40. The zero-order chi connectivity index (χ0) is 45.3. The number of ether oxygens (including phenoxy) is 2. The molecule has 0 atom stereocenters. The number of hydrogen-bond donors (Lipinski definition) is 0. The van der Waals surface area contributed by atoms with E-state index in [-0.39, 0.29) is 0 Å². The van der Waals surface area contributed by atoms with Gasteiger partial charge in [-0.25, -0.2) is 0 Å². The van der Waals surface area contributed by atoms with E-state index in [1.165, 1.54) is 55.3 Å². The van der Waals surface area contributed by atoms with Crippen LogP contribution in [0.5, 0.6) is 23.0 Å². The Morgan fingerprint density at radius 1 is 0.275 bits per heavy atom. The van der Waals surface area contributed by atoms with Crippen molar-refractivity contribution in [1.82, 2.24) is 0 Å². The van der Waals surface area contributed by atoms with Crippen molar-refractivity contribution in [3.8, 4) is 56.4 Å². The second-order valence-corrected chi connectivity index (χ2v) is 18.6. The zero-order valence-corrected chi connectivity index (χ0v) is 37.4. The van der Waals surface area contributed by atoms with E-state index in [2.05, 4.69) is 254 Å². The first-order valence-corrected chi connectivity index (χ1v) is 23.8. The van der Waals surface area contributed by atoms with Crippen LogP contribution in [0.2, 0.25) is 0 Å². The molecule has 3 heteroatoms. The van der Waals surface area contributed by atoms with E-state index < -0.39 is 10.8 Å². The average molecular weight is 880 g/mol. The molecule has 0 N–H and O–H groups in total. The molecular weight excluding hydrogens is 839 g/mol. The number of anilines is 3. The van der Waals surface area contributed by atoms with E-state index in [0.29, 0.717) is 0 Å². The van der Waals surface area contributed by atoms with Crippen LogP contribution in [0.15, 0.2) is 249 Å². The molecule has 0 saturated heterocycles. The Morgan fingerprint density at radius 2 is 0.710 bits per heavy atom. The van der Waals surface area contributed by atoms with E-state index >= 15 is 0 Å². The van der Waals surface area contributed by atoms with Crippen molar-refractivity contribution in [3.05, 3.63) is 293 Å². The average Bonchev–Trinajstić information content (AvgIpc) is 3.89. The molecule has 0 aromatic heterocycles. The molecule has 2 spiro atoms. The summed E-state index contributed by atoms with van der Waals surface area (Å²) >= 11 is 0. The van der Waals surface area contributed by atoms with Gasteiger partial charge < -0.3 is 14.4 Å². The Kier molecular flexibility index (Phi) is 7.92. The van der Waals surface area contributed by atoms with Gasteiger partial charge in [0.2, 0.25) is 0 Å².